The average molecular weight is 493 g/mol. The number of carboxylic acids is 1. The molecule has 0 bridgehead atoms. The molecule has 30 heavy (non-hydrogen) atoms. The van der Waals surface area contributed by atoms with Crippen LogP contribution in [0.5, 0.6) is 5.75 Å². The van der Waals surface area contributed by atoms with Crippen LogP contribution in [0.15, 0.2) is 51.8 Å². The topological polar surface area (TPSA) is 127 Å². The van der Waals surface area contributed by atoms with Crippen LogP contribution in [0, 0.1) is 10.1 Å². The molecule has 1 saturated heterocycles. The molecule has 2 aromatic carbocycles. The van der Waals surface area contributed by atoms with Crippen molar-refractivity contribution in [1.82, 2.24) is 4.90 Å². The van der Waals surface area contributed by atoms with Crippen molar-refractivity contribution in [3.8, 4) is 5.75 Å². The van der Waals surface area contributed by atoms with Crippen LogP contribution in [0.2, 0.25) is 0 Å². The Balaban J connectivity index is 1.82. The lowest BCUT2D eigenvalue weighted by Crippen LogP contribution is -2.27. The van der Waals surface area contributed by atoms with Crippen LogP contribution < -0.4 is 4.74 Å². The number of amides is 2. The van der Waals surface area contributed by atoms with Gasteiger partial charge in [0.2, 0.25) is 0 Å². The van der Waals surface area contributed by atoms with Gasteiger partial charge in [-0.1, -0.05) is 28.1 Å². The number of halogens is 1. The maximum atomic E-state index is 12.7. The number of rotatable bonds is 7. The number of carbonyl (C=O) groups is 3. The minimum atomic E-state index is -1.15. The van der Waals surface area contributed by atoms with Gasteiger partial charge in [-0.05, 0) is 41.6 Å². The van der Waals surface area contributed by atoms with Gasteiger partial charge in [0, 0.05) is 22.2 Å². The number of hydrogen-bond acceptors (Lipinski definition) is 7. The van der Waals surface area contributed by atoms with Gasteiger partial charge in [0.05, 0.1) is 16.4 Å². The van der Waals surface area contributed by atoms with E-state index in [-0.39, 0.29) is 22.9 Å². The van der Waals surface area contributed by atoms with Crippen molar-refractivity contribution < 1.29 is 29.2 Å². The molecule has 0 aromatic heterocycles. The first kappa shape index (κ1) is 21.5. The quantitative estimate of drug-likeness (QED) is 0.348. The second kappa shape index (κ2) is 9.09. The Morgan fingerprint density at radius 3 is 2.57 bits per heavy atom. The molecule has 0 atom stereocenters. The molecule has 1 aliphatic heterocycles. The van der Waals surface area contributed by atoms with Gasteiger partial charge in [-0.3, -0.25) is 24.6 Å². The third-order valence-corrected chi connectivity index (χ3v) is 5.37. The molecule has 0 radical (unpaired) electrons. The predicted molar refractivity (Wildman–Crippen MR) is 112 cm³/mol. The van der Waals surface area contributed by atoms with Crippen LogP contribution in [-0.4, -0.2) is 38.7 Å². The van der Waals surface area contributed by atoms with Gasteiger partial charge in [0.25, 0.3) is 16.8 Å². The Kier molecular flexibility index (Phi) is 6.53. The van der Waals surface area contributed by atoms with Crippen molar-refractivity contribution in [3.05, 3.63) is 73.1 Å². The van der Waals surface area contributed by atoms with Crippen molar-refractivity contribution in [2.24, 2.45) is 0 Å². The van der Waals surface area contributed by atoms with E-state index in [0.717, 1.165) is 16.7 Å². The monoisotopic (exact) mass is 492 g/mol. The van der Waals surface area contributed by atoms with Crippen LogP contribution in [0.25, 0.3) is 6.08 Å². The first-order chi connectivity index (χ1) is 14.2. The molecule has 9 nitrogen and oxygen atoms in total. The molecular weight excluding hydrogens is 480 g/mol. The summed E-state index contributed by atoms with van der Waals surface area (Å²) in [7, 11) is 0. The highest BCUT2D eigenvalue weighted by Crippen LogP contribution is 2.35. The number of carboxylic acid groups (broad SMARTS) is 1. The number of thioether (sulfide) groups is 1. The summed E-state index contributed by atoms with van der Waals surface area (Å²) < 4.78 is 5.92. The number of imide groups is 1. The number of aliphatic carboxylic acids is 1. The SMILES string of the molecule is O=C(O)COc1ccc(Br)cc1/C=C1/SC(=O)N(Cc2ccc([N+](=O)[O-])cc2)C1=O. The summed E-state index contributed by atoms with van der Waals surface area (Å²) in [5, 5.41) is 19.1. The fraction of sp³-hybridized carbons (Fsp3) is 0.105. The molecule has 0 saturated carbocycles. The molecule has 154 valence electrons. The van der Waals surface area contributed by atoms with Crippen molar-refractivity contribution in [1.29, 1.82) is 0 Å². The van der Waals surface area contributed by atoms with E-state index in [1.165, 1.54) is 30.3 Å². The van der Waals surface area contributed by atoms with Crippen LogP contribution in [0.4, 0.5) is 10.5 Å². The molecular formula is C19H13BrN2O7S. The highest BCUT2D eigenvalue weighted by Gasteiger charge is 2.35. The fourth-order valence-corrected chi connectivity index (χ4v) is 3.79. The smallest absolute Gasteiger partial charge is 0.341 e. The van der Waals surface area contributed by atoms with E-state index in [1.807, 2.05) is 0 Å². The number of nitro benzene ring substituents is 1. The van der Waals surface area contributed by atoms with E-state index in [2.05, 4.69) is 15.9 Å². The first-order valence-corrected chi connectivity index (χ1v) is 9.98. The zero-order valence-corrected chi connectivity index (χ0v) is 17.5. The highest BCUT2D eigenvalue weighted by molar-refractivity contribution is 9.10. The molecule has 11 heteroatoms. The average Bonchev–Trinajstić information content (AvgIpc) is 2.95. The zero-order valence-electron chi connectivity index (χ0n) is 15.1. The summed E-state index contributed by atoms with van der Waals surface area (Å²) in [6, 6.07) is 10.4. The highest BCUT2D eigenvalue weighted by atomic mass is 79.9. The first-order valence-electron chi connectivity index (χ1n) is 8.37. The summed E-state index contributed by atoms with van der Waals surface area (Å²) in [6.45, 7) is -0.578. The Hall–Kier alpha value is -3.18. The summed E-state index contributed by atoms with van der Waals surface area (Å²) in [5.74, 6) is -1.41. The van der Waals surface area contributed by atoms with Crippen molar-refractivity contribution in [2.75, 3.05) is 6.61 Å². The van der Waals surface area contributed by atoms with Gasteiger partial charge < -0.3 is 9.84 Å². The minimum Gasteiger partial charge on any atom is -0.481 e. The maximum absolute atomic E-state index is 12.7. The van der Waals surface area contributed by atoms with Crippen LogP contribution in [0.3, 0.4) is 0 Å². The molecule has 1 fully saturated rings. The molecule has 1 aliphatic rings. The molecule has 2 aromatic rings. The van der Waals surface area contributed by atoms with Crippen LogP contribution in [0.1, 0.15) is 11.1 Å². The van der Waals surface area contributed by atoms with E-state index < -0.39 is 28.6 Å². The van der Waals surface area contributed by atoms with Crippen molar-refractivity contribution >= 4 is 56.6 Å². The Labute approximate surface area is 182 Å². The Morgan fingerprint density at radius 1 is 1.23 bits per heavy atom. The lowest BCUT2D eigenvalue weighted by Gasteiger charge is -2.12. The predicted octanol–water partition coefficient (Wildman–Crippen LogP) is 4.06. The zero-order chi connectivity index (χ0) is 21.8. The lowest BCUT2D eigenvalue weighted by atomic mass is 10.1. The normalized spacial score (nSPS) is 15.0. The molecule has 1 N–H and O–H groups in total. The van der Waals surface area contributed by atoms with E-state index in [9.17, 15) is 24.5 Å². The van der Waals surface area contributed by atoms with Crippen molar-refractivity contribution in [3.63, 3.8) is 0 Å². The van der Waals surface area contributed by atoms with E-state index in [1.54, 1.807) is 18.2 Å². The summed E-state index contributed by atoms with van der Waals surface area (Å²) in [4.78, 5) is 47.2. The van der Waals surface area contributed by atoms with E-state index in [4.69, 9.17) is 9.84 Å². The molecule has 0 spiro atoms. The minimum absolute atomic E-state index is 0.0269. The summed E-state index contributed by atoms with van der Waals surface area (Å²) >= 11 is 4.05. The van der Waals surface area contributed by atoms with Crippen LogP contribution >= 0.6 is 27.7 Å². The van der Waals surface area contributed by atoms with Gasteiger partial charge in [0.15, 0.2) is 6.61 Å². The van der Waals surface area contributed by atoms with Crippen LogP contribution in [-0.2, 0) is 16.1 Å². The Bertz CT molecular complexity index is 1070. The van der Waals surface area contributed by atoms with Gasteiger partial charge >= 0.3 is 5.97 Å². The molecule has 1 heterocycles. The van der Waals surface area contributed by atoms with Crippen molar-refractivity contribution in [2.45, 2.75) is 6.54 Å². The number of hydrogen-bond donors (Lipinski definition) is 1. The number of nitro groups is 1. The Morgan fingerprint density at radius 2 is 1.93 bits per heavy atom. The second-order valence-corrected chi connectivity index (χ2v) is 7.96. The van der Waals surface area contributed by atoms with E-state index in [0.29, 0.717) is 15.6 Å². The summed E-state index contributed by atoms with van der Waals surface area (Å²) in [5.41, 5.74) is 0.917. The van der Waals surface area contributed by atoms with Gasteiger partial charge in [-0.15, -0.1) is 0 Å². The standard InChI is InChI=1S/C19H13BrN2O7S/c20-13-3-6-15(29-10-17(23)24)12(7-13)8-16-18(25)21(19(26)30-16)9-11-1-4-14(5-2-11)22(27)28/h1-8H,9-10H2,(H,23,24)/b16-8+. The van der Waals surface area contributed by atoms with Gasteiger partial charge in [-0.25, -0.2) is 4.79 Å². The van der Waals surface area contributed by atoms with Gasteiger partial charge in [-0.2, -0.15) is 0 Å². The number of nitrogens with zero attached hydrogens (tertiary/aromatic N) is 2. The largest absolute Gasteiger partial charge is 0.481 e. The third-order valence-electron chi connectivity index (χ3n) is 3.97. The molecule has 0 aliphatic carbocycles. The molecule has 3 rings (SSSR count). The van der Waals surface area contributed by atoms with Gasteiger partial charge in [0.1, 0.15) is 5.75 Å². The number of ether oxygens (including phenoxy) is 1. The third kappa shape index (κ3) is 5.05. The number of carbonyl (C=O) groups excluding carboxylic acids is 2. The number of non-ortho nitro benzene ring substituents is 1. The molecule has 2 amide bonds. The fourth-order valence-electron chi connectivity index (χ4n) is 2.59. The summed E-state index contributed by atoms with van der Waals surface area (Å²) in [6.07, 6.45) is 1.46. The van der Waals surface area contributed by atoms with E-state index >= 15 is 0 Å². The lowest BCUT2D eigenvalue weighted by molar-refractivity contribution is -0.384. The molecule has 0 unspecified atom stereocenters. The number of benzene rings is 2. The second-order valence-electron chi connectivity index (χ2n) is 6.06. The maximum Gasteiger partial charge on any atom is 0.341 e.